The normalized spacial score (nSPS) is 10.6. The van der Waals surface area contributed by atoms with Crippen molar-refractivity contribution >= 4 is 45.5 Å². The molecule has 0 spiro atoms. The maximum atomic E-state index is 9.68. The SMILES string of the molecule is COc1cc(Nc2c(C#N)cnc3c(OC)c(OCCn4ccnn4)ccc23)c(Cl)cc1Cl. The molecule has 0 saturated heterocycles. The Balaban J connectivity index is 1.73. The van der Waals surface area contributed by atoms with Crippen LogP contribution in [0.15, 0.2) is 42.9 Å². The molecule has 33 heavy (non-hydrogen) atoms. The van der Waals surface area contributed by atoms with Crippen LogP contribution in [0, 0.1) is 11.3 Å². The number of methoxy groups -OCH3 is 2. The first-order valence-corrected chi connectivity index (χ1v) is 10.5. The summed E-state index contributed by atoms with van der Waals surface area (Å²) in [5.74, 6) is 1.40. The minimum absolute atomic E-state index is 0.328. The van der Waals surface area contributed by atoms with E-state index in [1.54, 1.807) is 41.3 Å². The van der Waals surface area contributed by atoms with Crippen LogP contribution in [-0.4, -0.2) is 40.8 Å². The lowest BCUT2D eigenvalue weighted by molar-refractivity contribution is 0.274. The Morgan fingerprint density at radius 1 is 1.12 bits per heavy atom. The average Bonchev–Trinajstić information content (AvgIpc) is 3.34. The third-order valence-corrected chi connectivity index (χ3v) is 5.44. The molecule has 2 heterocycles. The zero-order valence-electron chi connectivity index (χ0n) is 17.7. The first kappa shape index (κ1) is 22.5. The summed E-state index contributed by atoms with van der Waals surface area (Å²) in [6, 6.07) is 8.96. The number of ether oxygens (including phenoxy) is 3. The second-order valence-electron chi connectivity index (χ2n) is 6.76. The van der Waals surface area contributed by atoms with Crippen LogP contribution in [0.2, 0.25) is 10.0 Å². The van der Waals surface area contributed by atoms with E-state index >= 15 is 0 Å². The van der Waals surface area contributed by atoms with Gasteiger partial charge in [0.1, 0.15) is 23.9 Å². The van der Waals surface area contributed by atoms with Gasteiger partial charge >= 0.3 is 0 Å². The molecule has 4 aromatic rings. The summed E-state index contributed by atoms with van der Waals surface area (Å²) >= 11 is 12.5. The predicted octanol–water partition coefficient (Wildman–Crippen LogP) is 4.84. The highest BCUT2D eigenvalue weighted by molar-refractivity contribution is 6.37. The average molecular weight is 485 g/mol. The van der Waals surface area contributed by atoms with Gasteiger partial charge in [-0.2, -0.15) is 5.26 Å². The van der Waals surface area contributed by atoms with E-state index in [2.05, 4.69) is 26.7 Å². The topological polar surface area (TPSA) is 107 Å². The number of rotatable bonds is 8. The van der Waals surface area contributed by atoms with E-state index in [4.69, 9.17) is 37.4 Å². The summed E-state index contributed by atoms with van der Waals surface area (Å²) in [7, 11) is 3.05. The van der Waals surface area contributed by atoms with Crippen LogP contribution in [0.4, 0.5) is 11.4 Å². The Kier molecular flexibility index (Phi) is 6.68. The number of nitrogens with one attached hydrogen (secondary N) is 1. The van der Waals surface area contributed by atoms with Crippen LogP contribution in [0.3, 0.4) is 0 Å². The van der Waals surface area contributed by atoms with Gasteiger partial charge < -0.3 is 19.5 Å². The van der Waals surface area contributed by atoms with Crippen molar-refractivity contribution in [3.63, 3.8) is 0 Å². The number of benzene rings is 2. The molecule has 2 aromatic carbocycles. The largest absolute Gasteiger partial charge is 0.495 e. The summed E-state index contributed by atoms with van der Waals surface area (Å²) < 4.78 is 18.4. The lowest BCUT2D eigenvalue weighted by atomic mass is 10.1. The summed E-state index contributed by atoms with van der Waals surface area (Å²) in [6.45, 7) is 0.873. The second-order valence-corrected chi connectivity index (χ2v) is 7.57. The van der Waals surface area contributed by atoms with Crippen molar-refractivity contribution in [2.24, 2.45) is 0 Å². The number of halogens is 2. The molecule has 1 N–H and O–H groups in total. The van der Waals surface area contributed by atoms with Gasteiger partial charge in [-0.15, -0.1) is 5.10 Å². The third-order valence-electron chi connectivity index (χ3n) is 4.83. The number of hydrogen-bond acceptors (Lipinski definition) is 8. The lowest BCUT2D eigenvalue weighted by Gasteiger charge is -2.17. The van der Waals surface area contributed by atoms with Gasteiger partial charge in [-0.1, -0.05) is 28.4 Å². The van der Waals surface area contributed by atoms with Crippen molar-refractivity contribution in [1.82, 2.24) is 20.0 Å². The predicted molar refractivity (Wildman–Crippen MR) is 125 cm³/mol. The zero-order chi connectivity index (χ0) is 23.4. The number of fused-ring (bicyclic) bond motifs is 1. The van der Waals surface area contributed by atoms with Crippen LogP contribution in [0.25, 0.3) is 10.9 Å². The fraction of sp³-hybridized carbons (Fsp3) is 0.182. The number of nitriles is 1. The molecule has 168 valence electrons. The van der Waals surface area contributed by atoms with E-state index < -0.39 is 0 Å². The molecular formula is C22H18Cl2N6O3. The first-order chi connectivity index (χ1) is 16.0. The fourth-order valence-corrected chi connectivity index (χ4v) is 3.78. The van der Waals surface area contributed by atoms with E-state index in [0.29, 0.717) is 68.3 Å². The Labute approximate surface area is 199 Å². The van der Waals surface area contributed by atoms with Crippen LogP contribution in [-0.2, 0) is 6.54 Å². The minimum Gasteiger partial charge on any atom is -0.495 e. The standard InChI is InChI=1S/C22H18Cl2N6O3/c1-31-19-10-17(15(23)9-16(19)24)28-20-13(11-25)12-26-21-14(20)3-4-18(22(21)32-2)33-8-7-30-6-5-27-29-30/h3-6,9-10,12H,7-8H2,1-2H3,(H,26,28). The first-order valence-electron chi connectivity index (χ1n) is 9.72. The molecule has 0 bridgehead atoms. The molecule has 0 aliphatic rings. The van der Waals surface area contributed by atoms with Crippen molar-refractivity contribution < 1.29 is 14.2 Å². The van der Waals surface area contributed by atoms with E-state index in [-0.39, 0.29) is 0 Å². The molecule has 0 unspecified atom stereocenters. The Bertz CT molecular complexity index is 1340. The number of nitrogens with zero attached hydrogens (tertiary/aromatic N) is 5. The minimum atomic E-state index is 0.328. The van der Waals surface area contributed by atoms with Crippen LogP contribution >= 0.6 is 23.2 Å². The van der Waals surface area contributed by atoms with Crippen molar-refractivity contribution in [3.8, 4) is 23.3 Å². The van der Waals surface area contributed by atoms with Crippen molar-refractivity contribution in [2.75, 3.05) is 26.1 Å². The number of anilines is 2. The summed E-state index contributed by atoms with van der Waals surface area (Å²) in [5.41, 5.74) is 1.89. The van der Waals surface area contributed by atoms with Crippen LogP contribution in [0.1, 0.15) is 5.56 Å². The molecule has 0 atom stereocenters. The fourth-order valence-electron chi connectivity index (χ4n) is 3.27. The van der Waals surface area contributed by atoms with Gasteiger partial charge in [0.2, 0.25) is 0 Å². The van der Waals surface area contributed by atoms with Crippen molar-refractivity contribution in [3.05, 3.63) is 58.5 Å². The molecule has 11 heteroatoms. The van der Waals surface area contributed by atoms with Gasteiger partial charge in [0, 0.05) is 23.8 Å². The second kappa shape index (κ2) is 9.81. The molecular weight excluding hydrogens is 467 g/mol. The molecule has 9 nitrogen and oxygen atoms in total. The van der Waals surface area contributed by atoms with Gasteiger partial charge in [-0.3, -0.25) is 4.98 Å². The number of pyridine rings is 1. The maximum Gasteiger partial charge on any atom is 0.187 e. The Morgan fingerprint density at radius 3 is 2.67 bits per heavy atom. The van der Waals surface area contributed by atoms with E-state index in [9.17, 15) is 5.26 Å². The Hall–Kier alpha value is -3.74. The van der Waals surface area contributed by atoms with Gasteiger partial charge in [0.25, 0.3) is 0 Å². The summed E-state index contributed by atoms with van der Waals surface area (Å²) in [4.78, 5) is 4.44. The molecule has 0 aliphatic heterocycles. The molecule has 0 amide bonds. The maximum absolute atomic E-state index is 9.68. The Morgan fingerprint density at radius 2 is 1.97 bits per heavy atom. The van der Waals surface area contributed by atoms with E-state index in [1.807, 2.05) is 0 Å². The number of aromatic nitrogens is 4. The zero-order valence-corrected chi connectivity index (χ0v) is 19.2. The van der Waals surface area contributed by atoms with Crippen LogP contribution in [0.5, 0.6) is 17.2 Å². The number of hydrogen-bond donors (Lipinski definition) is 1. The molecule has 0 aliphatic carbocycles. The van der Waals surface area contributed by atoms with Gasteiger partial charge in [-0.25, -0.2) is 4.68 Å². The smallest absolute Gasteiger partial charge is 0.187 e. The van der Waals surface area contributed by atoms with Crippen molar-refractivity contribution in [1.29, 1.82) is 5.26 Å². The van der Waals surface area contributed by atoms with Gasteiger partial charge in [0.05, 0.1) is 53.9 Å². The highest BCUT2D eigenvalue weighted by Gasteiger charge is 2.18. The summed E-state index contributed by atoms with van der Waals surface area (Å²) in [6.07, 6.45) is 4.82. The molecule has 4 rings (SSSR count). The molecule has 2 aromatic heterocycles. The monoisotopic (exact) mass is 484 g/mol. The quantitative estimate of drug-likeness (QED) is 0.378. The van der Waals surface area contributed by atoms with Crippen LogP contribution < -0.4 is 19.5 Å². The lowest BCUT2D eigenvalue weighted by Crippen LogP contribution is -2.09. The van der Waals surface area contributed by atoms with Crippen molar-refractivity contribution in [2.45, 2.75) is 6.54 Å². The summed E-state index contributed by atoms with van der Waals surface area (Å²) in [5, 5.41) is 22.0. The van der Waals surface area contributed by atoms with E-state index in [0.717, 1.165) is 0 Å². The van der Waals surface area contributed by atoms with Gasteiger partial charge in [0.15, 0.2) is 11.5 Å². The molecule has 0 saturated carbocycles. The highest BCUT2D eigenvalue weighted by Crippen LogP contribution is 2.41. The van der Waals surface area contributed by atoms with Gasteiger partial charge in [-0.05, 0) is 18.2 Å². The van der Waals surface area contributed by atoms with E-state index in [1.165, 1.54) is 20.4 Å². The highest BCUT2D eigenvalue weighted by atomic mass is 35.5. The molecule has 0 radical (unpaired) electrons. The molecule has 0 fully saturated rings. The third kappa shape index (κ3) is 4.58.